The molecule has 0 aliphatic heterocycles. The molecule has 5 heteroatoms. The molecule has 1 fully saturated rings. The van der Waals surface area contributed by atoms with Gasteiger partial charge in [-0.3, -0.25) is 4.79 Å². The molecule has 0 radical (unpaired) electrons. The quantitative estimate of drug-likeness (QED) is 0.918. The first-order valence-electron chi connectivity index (χ1n) is 7.21. The molecule has 1 amide bonds. The second kappa shape index (κ2) is 6.67. The number of amides is 1. The topological polar surface area (TPSA) is 47.6 Å². The lowest BCUT2D eigenvalue weighted by Crippen LogP contribution is -2.47. The molecule has 21 heavy (non-hydrogen) atoms. The molecule has 2 rings (SSSR count). The van der Waals surface area contributed by atoms with E-state index < -0.39 is 5.60 Å². The molecule has 0 spiro atoms. The third kappa shape index (κ3) is 3.50. The van der Waals surface area contributed by atoms with Gasteiger partial charge in [0, 0.05) is 12.8 Å². The highest BCUT2D eigenvalue weighted by Crippen LogP contribution is 2.36. The summed E-state index contributed by atoms with van der Waals surface area (Å²) in [6, 6.07) is 5.20. The SMILES string of the molecule is COc1ccc(NC(=O)C2(OC)CCCC(C)C2)cc1Cl. The van der Waals surface area contributed by atoms with Crippen LogP contribution in [0.2, 0.25) is 5.02 Å². The summed E-state index contributed by atoms with van der Waals surface area (Å²) in [7, 11) is 3.17. The molecule has 1 saturated carbocycles. The van der Waals surface area contributed by atoms with Crippen LogP contribution >= 0.6 is 11.6 Å². The average Bonchev–Trinajstić information content (AvgIpc) is 2.47. The highest BCUT2D eigenvalue weighted by Gasteiger charge is 2.42. The van der Waals surface area contributed by atoms with Crippen LogP contribution in [0.5, 0.6) is 5.75 Å². The van der Waals surface area contributed by atoms with Gasteiger partial charge >= 0.3 is 0 Å². The standard InChI is InChI=1S/C16H22ClNO3/c1-11-5-4-8-16(10-11,21-3)15(19)18-12-6-7-14(20-2)13(17)9-12/h6-7,9,11H,4-5,8,10H2,1-3H3,(H,18,19). The molecule has 1 aromatic carbocycles. The third-order valence-electron chi connectivity index (χ3n) is 4.17. The van der Waals surface area contributed by atoms with Crippen LogP contribution in [-0.2, 0) is 9.53 Å². The first kappa shape index (κ1) is 16.1. The van der Waals surface area contributed by atoms with E-state index in [2.05, 4.69) is 12.2 Å². The molecule has 0 bridgehead atoms. The van der Waals surface area contributed by atoms with E-state index in [1.54, 1.807) is 32.4 Å². The second-order valence-electron chi connectivity index (χ2n) is 5.70. The summed E-state index contributed by atoms with van der Waals surface area (Å²) in [5, 5.41) is 3.38. The summed E-state index contributed by atoms with van der Waals surface area (Å²) in [6.07, 6.45) is 3.65. The minimum atomic E-state index is -0.732. The van der Waals surface area contributed by atoms with Gasteiger partial charge in [0.2, 0.25) is 0 Å². The molecule has 0 saturated heterocycles. The fraction of sp³-hybridized carbons (Fsp3) is 0.562. The predicted octanol–water partition coefficient (Wildman–Crippen LogP) is 3.88. The second-order valence-corrected chi connectivity index (χ2v) is 6.11. The molecule has 1 aliphatic carbocycles. The Labute approximate surface area is 130 Å². The van der Waals surface area contributed by atoms with E-state index in [4.69, 9.17) is 21.1 Å². The number of ether oxygens (including phenoxy) is 2. The van der Waals surface area contributed by atoms with E-state index in [-0.39, 0.29) is 5.91 Å². The van der Waals surface area contributed by atoms with Crippen LogP contribution in [0.25, 0.3) is 0 Å². The maximum absolute atomic E-state index is 12.6. The van der Waals surface area contributed by atoms with E-state index in [1.807, 2.05) is 0 Å². The molecule has 1 aliphatic rings. The molecule has 4 nitrogen and oxygen atoms in total. The molecule has 2 atom stereocenters. The number of nitrogens with one attached hydrogen (secondary N) is 1. The van der Waals surface area contributed by atoms with Crippen molar-refractivity contribution in [1.82, 2.24) is 0 Å². The largest absolute Gasteiger partial charge is 0.495 e. The minimum absolute atomic E-state index is 0.0993. The lowest BCUT2D eigenvalue weighted by atomic mass is 9.78. The van der Waals surface area contributed by atoms with Crippen LogP contribution in [-0.4, -0.2) is 25.7 Å². The van der Waals surface area contributed by atoms with Crippen molar-refractivity contribution in [3.8, 4) is 5.75 Å². The van der Waals surface area contributed by atoms with Gasteiger partial charge in [0.1, 0.15) is 11.4 Å². The van der Waals surface area contributed by atoms with Gasteiger partial charge in [-0.25, -0.2) is 0 Å². The zero-order chi connectivity index (χ0) is 15.5. The Morgan fingerprint density at radius 1 is 1.43 bits per heavy atom. The smallest absolute Gasteiger partial charge is 0.256 e. The number of methoxy groups -OCH3 is 2. The molecule has 2 unspecified atom stereocenters. The fourth-order valence-corrected chi connectivity index (χ4v) is 3.23. The number of hydrogen-bond donors (Lipinski definition) is 1. The Bertz CT molecular complexity index is 520. The molecule has 1 aromatic rings. The molecule has 116 valence electrons. The molecule has 1 N–H and O–H groups in total. The van der Waals surface area contributed by atoms with E-state index in [0.29, 0.717) is 22.4 Å². The number of anilines is 1. The van der Waals surface area contributed by atoms with Crippen molar-refractivity contribution in [2.24, 2.45) is 5.92 Å². The highest BCUT2D eigenvalue weighted by atomic mass is 35.5. The summed E-state index contributed by atoms with van der Waals surface area (Å²) in [5.74, 6) is 0.976. The first-order chi connectivity index (χ1) is 10.0. The van der Waals surface area contributed by atoms with E-state index in [0.717, 1.165) is 25.7 Å². The monoisotopic (exact) mass is 311 g/mol. The Morgan fingerprint density at radius 2 is 2.19 bits per heavy atom. The number of carbonyl (C=O) groups excluding carboxylic acids is 1. The predicted molar refractivity (Wildman–Crippen MR) is 84.0 cm³/mol. The van der Waals surface area contributed by atoms with Crippen LogP contribution in [0, 0.1) is 5.92 Å². The maximum Gasteiger partial charge on any atom is 0.256 e. The van der Waals surface area contributed by atoms with Gasteiger partial charge in [-0.1, -0.05) is 24.9 Å². The van der Waals surface area contributed by atoms with Crippen LogP contribution in [0.4, 0.5) is 5.69 Å². The minimum Gasteiger partial charge on any atom is -0.495 e. The number of rotatable bonds is 4. The Balaban J connectivity index is 2.14. The van der Waals surface area contributed by atoms with Gasteiger partial charge < -0.3 is 14.8 Å². The number of hydrogen-bond acceptors (Lipinski definition) is 3. The van der Waals surface area contributed by atoms with Gasteiger partial charge in [0.25, 0.3) is 5.91 Å². The van der Waals surface area contributed by atoms with Crippen molar-refractivity contribution in [2.45, 2.75) is 38.2 Å². The van der Waals surface area contributed by atoms with Crippen molar-refractivity contribution in [3.05, 3.63) is 23.2 Å². The Hall–Kier alpha value is -1.26. The molecular weight excluding hydrogens is 290 g/mol. The van der Waals surface area contributed by atoms with Crippen molar-refractivity contribution in [3.63, 3.8) is 0 Å². The first-order valence-corrected chi connectivity index (χ1v) is 7.58. The van der Waals surface area contributed by atoms with Gasteiger partial charge in [-0.15, -0.1) is 0 Å². The van der Waals surface area contributed by atoms with Gasteiger partial charge in [-0.2, -0.15) is 0 Å². The van der Waals surface area contributed by atoms with E-state index in [1.165, 1.54) is 0 Å². The lowest BCUT2D eigenvalue weighted by Gasteiger charge is -2.37. The van der Waals surface area contributed by atoms with Crippen LogP contribution in [0.15, 0.2) is 18.2 Å². The van der Waals surface area contributed by atoms with Crippen LogP contribution in [0.1, 0.15) is 32.6 Å². The number of benzene rings is 1. The van der Waals surface area contributed by atoms with Crippen LogP contribution in [0.3, 0.4) is 0 Å². The molecule has 0 aromatic heterocycles. The van der Waals surface area contributed by atoms with Crippen molar-refractivity contribution in [2.75, 3.05) is 19.5 Å². The molecule has 0 heterocycles. The Kier molecular flexibility index (Phi) is 5.12. The maximum atomic E-state index is 12.6. The Morgan fingerprint density at radius 3 is 2.76 bits per heavy atom. The van der Waals surface area contributed by atoms with E-state index >= 15 is 0 Å². The zero-order valence-corrected chi connectivity index (χ0v) is 13.5. The number of carbonyl (C=O) groups is 1. The summed E-state index contributed by atoms with van der Waals surface area (Å²) >= 11 is 6.08. The number of halogens is 1. The van der Waals surface area contributed by atoms with Gasteiger partial charge in [0.05, 0.1) is 12.1 Å². The fourth-order valence-electron chi connectivity index (χ4n) is 2.98. The van der Waals surface area contributed by atoms with Crippen molar-refractivity contribution < 1.29 is 14.3 Å². The normalized spacial score (nSPS) is 25.4. The van der Waals surface area contributed by atoms with Crippen LogP contribution < -0.4 is 10.1 Å². The van der Waals surface area contributed by atoms with Gasteiger partial charge in [-0.05, 0) is 43.4 Å². The van der Waals surface area contributed by atoms with Crippen molar-refractivity contribution >= 4 is 23.2 Å². The zero-order valence-electron chi connectivity index (χ0n) is 12.7. The third-order valence-corrected chi connectivity index (χ3v) is 4.47. The summed E-state index contributed by atoms with van der Waals surface area (Å²) in [5.41, 5.74) is -0.0789. The lowest BCUT2D eigenvalue weighted by molar-refractivity contribution is -0.143. The van der Waals surface area contributed by atoms with Gasteiger partial charge in [0.15, 0.2) is 0 Å². The summed E-state index contributed by atoms with van der Waals surface area (Å²) < 4.78 is 10.7. The average molecular weight is 312 g/mol. The molecular formula is C16H22ClNO3. The summed E-state index contributed by atoms with van der Waals surface area (Å²) in [6.45, 7) is 2.16. The van der Waals surface area contributed by atoms with E-state index in [9.17, 15) is 4.79 Å². The summed E-state index contributed by atoms with van der Waals surface area (Å²) in [4.78, 5) is 12.6. The van der Waals surface area contributed by atoms with Crippen molar-refractivity contribution in [1.29, 1.82) is 0 Å². The highest BCUT2D eigenvalue weighted by molar-refractivity contribution is 6.32.